The Hall–Kier alpha value is -3.23. The highest BCUT2D eigenvalue weighted by Gasteiger charge is 2.28. The van der Waals surface area contributed by atoms with Gasteiger partial charge in [-0.15, -0.1) is 0 Å². The lowest BCUT2D eigenvalue weighted by Crippen LogP contribution is -2.24. The highest BCUT2D eigenvalue weighted by molar-refractivity contribution is 5.96. The van der Waals surface area contributed by atoms with Gasteiger partial charge in [0.2, 0.25) is 5.69 Å². The predicted molar refractivity (Wildman–Crippen MR) is 90.3 cm³/mol. The zero-order chi connectivity index (χ0) is 18.0. The molecule has 3 rings (SSSR count). The Labute approximate surface area is 143 Å². The minimum absolute atomic E-state index is 0.160. The second-order valence-corrected chi connectivity index (χ2v) is 5.74. The highest BCUT2D eigenvalue weighted by Crippen LogP contribution is 2.22. The zero-order valence-corrected chi connectivity index (χ0v) is 13.9. The largest absolute Gasteiger partial charge is 0.345 e. The van der Waals surface area contributed by atoms with Crippen molar-refractivity contribution in [1.29, 1.82) is 0 Å². The quantitative estimate of drug-likeness (QED) is 0.525. The molecule has 3 aromatic heterocycles. The Bertz CT molecular complexity index is 943. The molecular weight excluding hydrogens is 324 g/mol. The van der Waals surface area contributed by atoms with Crippen LogP contribution in [-0.2, 0) is 13.0 Å². The van der Waals surface area contributed by atoms with E-state index < -0.39 is 10.8 Å². The summed E-state index contributed by atoms with van der Waals surface area (Å²) in [5.41, 5.74) is 2.39. The summed E-state index contributed by atoms with van der Waals surface area (Å²) in [6.45, 7) is 4.01. The highest BCUT2D eigenvalue weighted by atomic mass is 16.6. The molecule has 0 aliphatic heterocycles. The van der Waals surface area contributed by atoms with Crippen LogP contribution in [0.5, 0.6) is 0 Å². The molecule has 0 radical (unpaired) electrons. The topological polar surface area (TPSA) is 118 Å². The molecule has 3 heterocycles. The molecule has 0 spiro atoms. The van der Waals surface area contributed by atoms with Crippen molar-refractivity contribution in [2.45, 2.75) is 33.2 Å². The van der Waals surface area contributed by atoms with Crippen LogP contribution in [-0.4, -0.2) is 30.4 Å². The van der Waals surface area contributed by atoms with Gasteiger partial charge >= 0.3 is 5.69 Å². The van der Waals surface area contributed by atoms with Crippen LogP contribution in [0.25, 0.3) is 5.65 Å². The first-order valence-electron chi connectivity index (χ1n) is 7.94. The Morgan fingerprint density at radius 3 is 2.96 bits per heavy atom. The predicted octanol–water partition coefficient (Wildman–Crippen LogP) is 2.16. The molecule has 130 valence electrons. The van der Waals surface area contributed by atoms with Gasteiger partial charge in [-0.1, -0.05) is 19.4 Å². The van der Waals surface area contributed by atoms with Crippen molar-refractivity contribution in [3.05, 3.63) is 57.3 Å². The molecule has 3 aromatic rings. The Morgan fingerprint density at radius 1 is 1.48 bits per heavy atom. The van der Waals surface area contributed by atoms with E-state index in [9.17, 15) is 14.9 Å². The average Bonchev–Trinajstić information content (AvgIpc) is 3.17. The molecule has 9 heteroatoms. The summed E-state index contributed by atoms with van der Waals surface area (Å²) < 4.78 is 1.87. The number of pyridine rings is 1. The second-order valence-electron chi connectivity index (χ2n) is 5.74. The zero-order valence-electron chi connectivity index (χ0n) is 13.9. The normalized spacial score (nSPS) is 11.0. The standard InChI is InChI=1S/C16H18N6O3/c1-3-5-12-14(22(24)25)13(20-19-12)16(23)17-8-11-9-21-7-4-6-10(2)15(21)18-11/h4,6-7,9H,3,5,8H2,1-2H3,(H,17,23)(H,19,20). The first-order valence-corrected chi connectivity index (χ1v) is 7.94. The number of nitrogens with zero attached hydrogens (tertiary/aromatic N) is 4. The summed E-state index contributed by atoms with van der Waals surface area (Å²) in [5, 5.41) is 20.3. The molecular formula is C16H18N6O3. The fourth-order valence-electron chi connectivity index (χ4n) is 2.70. The molecule has 0 atom stereocenters. The third-order valence-electron chi connectivity index (χ3n) is 3.87. The van der Waals surface area contributed by atoms with Gasteiger partial charge in [-0.25, -0.2) is 4.98 Å². The van der Waals surface area contributed by atoms with E-state index in [1.807, 2.05) is 42.8 Å². The summed E-state index contributed by atoms with van der Waals surface area (Å²) in [6.07, 6.45) is 4.85. The number of nitro groups is 1. The molecule has 2 N–H and O–H groups in total. The number of aryl methyl sites for hydroxylation is 2. The molecule has 1 amide bonds. The first kappa shape index (κ1) is 16.6. The van der Waals surface area contributed by atoms with E-state index in [0.29, 0.717) is 24.2 Å². The average molecular weight is 342 g/mol. The number of rotatable bonds is 6. The van der Waals surface area contributed by atoms with Gasteiger partial charge in [0.05, 0.1) is 17.2 Å². The number of aromatic amines is 1. The van der Waals surface area contributed by atoms with E-state index in [2.05, 4.69) is 20.5 Å². The van der Waals surface area contributed by atoms with Gasteiger partial charge < -0.3 is 9.72 Å². The van der Waals surface area contributed by atoms with E-state index in [1.165, 1.54) is 0 Å². The summed E-state index contributed by atoms with van der Waals surface area (Å²) in [7, 11) is 0. The Morgan fingerprint density at radius 2 is 2.28 bits per heavy atom. The smallest absolute Gasteiger partial charge is 0.322 e. The van der Waals surface area contributed by atoms with Crippen LogP contribution in [0, 0.1) is 17.0 Å². The van der Waals surface area contributed by atoms with Gasteiger partial charge in [0.25, 0.3) is 5.91 Å². The van der Waals surface area contributed by atoms with Gasteiger partial charge in [-0.05, 0) is 25.0 Å². The minimum atomic E-state index is -0.598. The Balaban J connectivity index is 1.78. The van der Waals surface area contributed by atoms with Gasteiger partial charge in [0.15, 0.2) is 0 Å². The molecule has 0 aliphatic carbocycles. The molecule has 25 heavy (non-hydrogen) atoms. The summed E-state index contributed by atoms with van der Waals surface area (Å²) in [6, 6.07) is 3.86. The number of hydrogen-bond donors (Lipinski definition) is 2. The van der Waals surface area contributed by atoms with E-state index >= 15 is 0 Å². The molecule has 9 nitrogen and oxygen atoms in total. The van der Waals surface area contributed by atoms with Crippen molar-refractivity contribution in [1.82, 2.24) is 24.9 Å². The van der Waals surface area contributed by atoms with Crippen LogP contribution in [0.4, 0.5) is 5.69 Å². The molecule has 0 aliphatic rings. The number of nitrogens with one attached hydrogen (secondary N) is 2. The maximum atomic E-state index is 12.3. The molecule has 0 aromatic carbocycles. The van der Waals surface area contributed by atoms with Gasteiger partial charge in [-0.2, -0.15) is 5.10 Å². The number of carbonyl (C=O) groups is 1. The molecule has 0 fully saturated rings. The van der Waals surface area contributed by atoms with Crippen molar-refractivity contribution in [2.24, 2.45) is 0 Å². The third kappa shape index (κ3) is 3.21. The van der Waals surface area contributed by atoms with E-state index in [-0.39, 0.29) is 17.9 Å². The maximum absolute atomic E-state index is 12.3. The monoisotopic (exact) mass is 342 g/mol. The van der Waals surface area contributed by atoms with Crippen LogP contribution in [0.15, 0.2) is 24.5 Å². The summed E-state index contributed by atoms with van der Waals surface area (Å²) >= 11 is 0. The fraction of sp³-hybridized carbons (Fsp3) is 0.312. The number of carbonyl (C=O) groups excluding carboxylic acids is 1. The van der Waals surface area contributed by atoms with Gasteiger partial charge in [-0.3, -0.25) is 20.0 Å². The third-order valence-corrected chi connectivity index (χ3v) is 3.87. The van der Waals surface area contributed by atoms with E-state index in [1.54, 1.807) is 0 Å². The summed E-state index contributed by atoms with van der Waals surface area (Å²) in [4.78, 5) is 27.5. The van der Waals surface area contributed by atoms with Crippen LogP contribution < -0.4 is 5.32 Å². The lowest BCUT2D eigenvalue weighted by molar-refractivity contribution is -0.385. The van der Waals surface area contributed by atoms with Crippen LogP contribution in [0.1, 0.15) is 40.8 Å². The van der Waals surface area contributed by atoms with Gasteiger partial charge in [0, 0.05) is 12.4 Å². The molecule has 0 saturated heterocycles. The molecule has 0 saturated carbocycles. The molecule has 0 unspecified atom stereocenters. The van der Waals surface area contributed by atoms with E-state index in [0.717, 1.165) is 11.2 Å². The van der Waals surface area contributed by atoms with Crippen molar-refractivity contribution < 1.29 is 9.72 Å². The molecule has 0 bridgehead atoms. The van der Waals surface area contributed by atoms with E-state index in [4.69, 9.17) is 0 Å². The lowest BCUT2D eigenvalue weighted by Gasteiger charge is -2.00. The second kappa shape index (κ2) is 6.71. The van der Waals surface area contributed by atoms with Crippen LogP contribution >= 0.6 is 0 Å². The van der Waals surface area contributed by atoms with Crippen molar-refractivity contribution in [3.8, 4) is 0 Å². The van der Waals surface area contributed by atoms with Crippen molar-refractivity contribution in [3.63, 3.8) is 0 Å². The maximum Gasteiger partial charge on any atom is 0.322 e. The van der Waals surface area contributed by atoms with Crippen molar-refractivity contribution >= 4 is 17.2 Å². The number of H-pyrrole nitrogens is 1. The van der Waals surface area contributed by atoms with Gasteiger partial charge in [0.1, 0.15) is 11.3 Å². The lowest BCUT2D eigenvalue weighted by atomic mass is 10.2. The number of imidazole rings is 1. The first-order chi connectivity index (χ1) is 12.0. The number of amides is 1. The SMILES string of the molecule is CCCc1[nH]nc(C(=O)NCc2cn3cccc(C)c3n2)c1[N+](=O)[O-]. The fourth-order valence-corrected chi connectivity index (χ4v) is 2.70. The van der Waals surface area contributed by atoms with Crippen LogP contribution in [0.2, 0.25) is 0 Å². The van der Waals surface area contributed by atoms with Crippen LogP contribution in [0.3, 0.4) is 0 Å². The number of fused-ring (bicyclic) bond motifs is 1. The minimum Gasteiger partial charge on any atom is -0.345 e. The number of hydrogen-bond acceptors (Lipinski definition) is 5. The number of aromatic nitrogens is 4. The Kier molecular flexibility index (Phi) is 4.46. The summed E-state index contributed by atoms with van der Waals surface area (Å²) in [5.74, 6) is -0.598. The van der Waals surface area contributed by atoms with Crippen molar-refractivity contribution in [2.75, 3.05) is 0 Å².